The van der Waals surface area contributed by atoms with Crippen LogP contribution >= 0.6 is 11.6 Å². The number of hydrogen-bond acceptors (Lipinski definition) is 3. The van der Waals surface area contributed by atoms with Gasteiger partial charge in [0.2, 0.25) is 0 Å². The van der Waals surface area contributed by atoms with E-state index in [0.29, 0.717) is 29.4 Å². The first-order valence-corrected chi connectivity index (χ1v) is 4.85. The predicted octanol–water partition coefficient (Wildman–Crippen LogP) is 1.30. The summed E-state index contributed by atoms with van der Waals surface area (Å²) in [7, 11) is 1.57. The van der Waals surface area contributed by atoms with E-state index in [4.69, 9.17) is 22.1 Å². The highest BCUT2D eigenvalue weighted by Gasteiger charge is 2.08. The van der Waals surface area contributed by atoms with Crippen molar-refractivity contribution in [2.24, 2.45) is 0 Å². The number of benzene rings is 1. The van der Waals surface area contributed by atoms with Crippen LogP contribution in [0.25, 0.3) is 0 Å². The van der Waals surface area contributed by atoms with Crippen LogP contribution in [0.15, 0.2) is 18.2 Å². The number of carbonyl (C=O) groups excluding carboxylic acids is 1. The second-order valence-electron chi connectivity index (χ2n) is 2.98. The molecule has 0 saturated carbocycles. The zero-order valence-corrected chi connectivity index (χ0v) is 9.17. The number of hydrogen-bond donors (Lipinski definition) is 2. The molecule has 1 rings (SSSR count). The fourth-order valence-electron chi connectivity index (χ4n) is 1.10. The van der Waals surface area contributed by atoms with Crippen LogP contribution in [0.3, 0.4) is 0 Å². The predicted molar refractivity (Wildman–Crippen MR) is 60.1 cm³/mol. The van der Waals surface area contributed by atoms with Crippen LogP contribution in [0.1, 0.15) is 10.4 Å². The molecule has 0 spiro atoms. The van der Waals surface area contributed by atoms with Crippen LogP contribution in [0, 0.1) is 0 Å². The lowest BCUT2D eigenvalue weighted by atomic mass is 10.1. The minimum Gasteiger partial charge on any atom is -0.398 e. The van der Waals surface area contributed by atoms with Gasteiger partial charge in [0.25, 0.3) is 5.91 Å². The normalized spacial score (nSPS) is 10.0. The molecular weight excluding hydrogens is 216 g/mol. The van der Waals surface area contributed by atoms with Crippen LogP contribution < -0.4 is 11.1 Å². The number of nitrogens with one attached hydrogen (secondary N) is 1. The molecule has 0 unspecified atom stereocenters. The maximum absolute atomic E-state index is 11.6. The van der Waals surface area contributed by atoms with Gasteiger partial charge in [-0.1, -0.05) is 11.6 Å². The average Bonchev–Trinajstić information content (AvgIpc) is 2.17. The average molecular weight is 229 g/mol. The molecule has 15 heavy (non-hydrogen) atoms. The fourth-order valence-corrected chi connectivity index (χ4v) is 1.28. The molecule has 0 bridgehead atoms. The Hall–Kier alpha value is -1.26. The van der Waals surface area contributed by atoms with Crippen molar-refractivity contribution in [1.29, 1.82) is 0 Å². The van der Waals surface area contributed by atoms with E-state index < -0.39 is 0 Å². The molecule has 0 aromatic heterocycles. The summed E-state index contributed by atoms with van der Waals surface area (Å²) in [5.74, 6) is -0.221. The quantitative estimate of drug-likeness (QED) is 0.603. The second kappa shape index (κ2) is 5.58. The maximum atomic E-state index is 11.6. The lowest BCUT2D eigenvalue weighted by molar-refractivity contribution is 0.0938. The number of anilines is 1. The molecule has 82 valence electrons. The molecule has 3 N–H and O–H groups in total. The topological polar surface area (TPSA) is 64.3 Å². The molecule has 1 aromatic rings. The van der Waals surface area contributed by atoms with Crippen molar-refractivity contribution in [3.63, 3.8) is 0 Å². The number of halogens is 1. The summed E-state index contributed by atoms with van der Waals surface area (Å²) >= 11 is 5.72. The van der Waals surface area contributed by atoms with Crippen molar-refractivity contribution in [1.82, 2.24) is 5.32 Å². The van der Waals surface area contributed by atoms with Gasteiger partial charge in [0.1, 0.15) is 0 Å². The van der Waals surface area contributed by atoms with Crippen molar-refractivity contribution in [3.05, 3.63) is 28.8 Å². The first-order chi connectivity index (χ1) is 7.15. The Labute approximate surface area is 93.4 Å². The molecule has 0 aliphatic rings. The van der Waals surface area contributed by atoms with E-state index in [0.717, 1.165) is 0 Å². The summed E-state index contributed by atoms with van der Waals surface area (Å²) in [4.78, 5) is 11.6. The van der Waals surface area contributed by atoms with E-state index in [1.54, 1.807) is 25.3 Å². The molecule has 0 aliphatic heterocycles. The summed E-state index contributed by atoms with van der Waals surface area (Å²) < 4.78 is 4.81. The van der Waals surface area contributed by atoms with Gasteiger partial charge in [0.15, 0.2) is 0 Å². The largest absolute Gasteiger partial charge is 0.398 e. The lowest BCUT2D eigenvalue weighted by Gasteiger charge is -2.07. The van der Waals surface area contributed by atoms with E-state index in [9.17, 15) is 4.79 Å². The number of ether oxygens (including phenoxy) is 1. The molecule has 1 aromatic carbocycles. The summed E-state index contributed by atoms with van der Waals surface area (Å²) in [5, 5.41) is 3.19. The highest BCUT2D eigenvalue weighted by Crippen LogP contribution is 2.17. The highest BCUT2D eigenvalue weighted by atomic mass is 35.5. The number of carbonyl (C=O) groups is 1. The number of nitrogen functional groups attached to an aromatic ring is 1. The smallest absolute Gasteiger partial charge is 0.253 e. The maximum Gasteiger partial charge on any atom is 0.253 e. The Kier molecular flexibility index (Phi) is 4.39. The Morgan fingerprint density at radius 2 is 2.33 bits per heavy atom. The van der Waals surface area contributed by atoms with Crippen molar-refractivity contribution < 1.29 is 9.53 Å². The summed E-state index contributed by atoms with van der Waals surface area (Å²) in [6.07, 6.45) is 0. The molecule has 5 heteroatoms. The summed E-state index contributed by atoms with van der Waals surface area (Å²) in [6.45, 7) is 0.927. The monoisotopic (exact) mass is 228 g/mol. The molecule has 0 radical (unpaired) electrons. The first-order valence-electron chi connectivity index (χ1n) is 4.47. The van der Waals surface area contributed by atoms with Crippen molar-refractivity contribution in [2.45, 2.75) is 0 Å². The van der Waals surface area contributed by atoms with E-state index in [2.05, 4.69) is 5.32 Å². The van der Waals surface area contributed by atoms with Crippen LogP contribution in [-0.2, 0) is 4.74 Å². The third kappa shape index (κ3) is 3.42. The molecule has 0 aliphatic carbocycles. The van der Waals surface area contributed by atoms with Crippen LogP contribution in [0.2, 0.25) is 5.02 Å². The van der Waals surface area contributed by atoms with E-state index >= 15 is 0 Å². The fraction of sp³-hybridized carbons (Fsp3) is 0.300. The van der Waals surface area contributed by atoms with Gasteiger partial charge in [-0.15, -0.1) is 0 Å². The number of rotatable bonds is 4. The molecule has 0 heterocycles. The lowest BCUT2D eigenvalue weighted by Crippen LogP contribution is -2.27. The highest BCUT2D eigenvalue weighted by molar-refractivity contribution is 6.31. The second-order valence-corrected chi connectivity index (χ2v) is 3.42. The molecular formula is C10H13ClN2O2. The van der Waals surface area contributed by atoms with E-state index in [1.807, 2.05) is 0 Å². The van der Waals surface area contributed by atoms with Gasteiger partial charge in [0, 0.05) is 24.4 Å². The van der Waals surface area contributed by atoms with E-state index in [-0.39, 0.29) is 5.91 Å². The van der Waals surface area contributed by atoms with Crippen molar-refractivity contribution in [3.8, 4) is 0 Å². The third-order valence-corrected chi connectivity index (χ3v) is 2.09. The number of amides is 1. The van der Waals surface area contributed by atoms with Gasteiger partial charge in [-0.25, -0.2) is 0 Å². The summed E-state index contributed by atoms with van der Waals surface area (Å²) in [5.41, 5.74) is 6.45. The molecule has 1 amide bonds. The number of methoxy groups -OCH3 is 1. The minimum atomic E-state index is -0.221. The van der Waals surface area contributed by atoms with Gasteiger partial charge in [-0.05, 0) is 18.2 Å². The van der Waals surface area contributed by atoms with Gasteiger partial charge in [-0.2, -0.15) is 0 Å². The Morgan fingerprint density at radius 1 is 1.60 bits per heavy atom. The minimum absolute atomic E-state index is 0.221. The van der Waals surface area contributed by atoms with Crippen molar-refractivity contribution in [2.75, 3.05) is 26.0 Å². The van der Waals surface area contributed by atoms with E-state index in [1.165, 1.54) is 0 Å². The Bertz CT molecular complexity index is 355. The van der Waals surface area contributed by atoms with Gasteiger partial charge in [0.05, 0.1) is 12.2 Å². The SMILES string of the molecule is COCCNC(=O)c1ccc(Cl)cc1N. The standard InChI is InChI=1S/C10H13ClN2O2/c1-15-5-4-13-10(14)8-3-2-7(11)6-9(8)12/h2-3,6H,4-5,12H2,1H3,(H,13,14). The summed E-state index contributed by atoms with van der Waals surface area (Å²) in [6, 6.07) is 4.77. The first kappa shape index (κ1) is 11.8. The number of nitrogens with two attached hydrogens (primary N) is 1. The van der Waals surface area contributed by atoms with Crippen LogP contribution in [-0.4, -0.2) is 26.2 Å². The zero-order valence-electron chi connectivity index (χ0n) is 8.42. The molecule has 0 atom stereocenters. The van der Waals surface area contributed by atoms with Crippen molar-refractivity contribution >= 4 is 23.2 Å². The zero-order chi connectivity index (χ0) is 11.3. The molecule has 0 saturated heterocycles. The Morgan fingerprint density at radius 3 is 2.93 bits per heavy atom. The van der Waals surface area contributed by atoms with Gasteiger partial charge in [-0.3, -0.25) is 4.79 Å². The van der Waals surface area contributed by atoms with Gasteiger partial charge < -0.3 is 15.8 Å². The van der Waals surface area contributed by atoms with Gasteiger partial charge >= 0.3 is 0 Å². The Balaban J connectivity index is 2.65. The van der Waals surface area contributed by atoms with Crippen LogP contribution in [0.4, 0.5) is 5.69 Å². The molecule has 0 fully saturated rings. The third-order valence-electron chi connectivity index (χ3n) is 1.85. The molecule has 4 nitrogen and oxygen atoms in total. The van der Waals surface area contributed by atoms with Crippen LogP contribution in [0.5, 0.6) is 0 Å².